The summed E-state index contributed by atoms with van der Waals surface area (Å²) in [4.78, 5) is 29.4. The zero-order valence-electron chi connectivity index (χ0n) is 24.0. The summed E-state index contributed by atoms with van der Waals surface area (Å²) in [5, 5.41) is 3.49. The van der Waals surface area contributed by atoms with E-state index in [1.165, 1.54) is 23.1 Å². The molecule has 224 valence electrons. The molecule has 2 amide bonds. The average molecular weight is 612 g/mol. The molecule has 42 heavy (non-hydrogen) atoms. The molecule has 0 radical (unpaired) electrons. The van der Waals surface area contributed by atoms with E-state index in [1.54, 1.807) is 49.6 Å². The summed E-state index contributed by atoms with van der Waals surface area (Å²) in [5.41, 5.74) is 1.01. The zero-order chi connectivity index (χ0) is 30.1. The molecule has 3 aromatic carbocycles. The molecule has 0 unspecified atom stereocenters. The van der Waals surface area contributed by atoms with Gasteiger partial charge in [0.05, 0.1) is 17.7 Å². The average Bonchev–Trinajstić information content (AvgIpc) is 3.00. The summed E-state index contributed by atoms with van der Waals surface area (Å²) in [6, 6.07) is 20.9. The Bertz CT molecular complexity index is 1460. The summed E-state index contributed by atoms with van der Waals surface area (Å²) >= 11 is 6.25. The third kappa shape index (κ3) is 7.83. The van der Waals surface area contributed by atoms with Crippen LogP contribution in [-0.4, -0.2) is 50.9 Å². The van der Waals surface area contributed by atoms with E-state index >= 15 is 0 Å². The van der Waals surface area contributed by atoms with Gasteiger partial charge in [-0.2, -0.15) is 0 Å². The van der Waals surface area contributed by atoms with Crippen LogP contribution in [0.15, 0.2) is 83.8 Å². The number of carbonyl (C=O) groups is 2. The minimum Gasteiger partial charge on any atom is -0.497 e. The summed E-state index contributed by atoms with van der Waals surface area (Å²) < 4.78 is 34.2. The fourth-order valence-electron chi connectivity index (χ4n) is 5.31. The van der Waals surface area contributed by atoms with Gasteiger partial charge in [0.2, 0.25) is 11.8 Å². The first-order valence-corrected chi connectivity index (χ1v) is 16.1. The maximum atomic E-state index is 14.2. The van der Waals surface area contributed by atoms with E-state index in [4.69, 9.17) is 16.3 Å². The molecule has 1 aliphatic carbocycles. The van der Waals surface area contributed by atoms with Crippen LogP contribution < -0.4 is 14.4 Å². The lowest BCUT2D eigenvalue weighted by Gasteiger charge is -2.34. The molecule has 1 aliphatic rings. The van der Waals surface area contributed by atoms with Gasteiger partial charge < -0.3 is 15.0 Å². The molecule has 0 saturated heterocycles. The van der Waals surface area contributed by atoms with Gasteiger partial charge in [0.1, 0.15) is 18.3 Å². The molecular formula is C32H38ClN3O5S. The van der Waals surface area contributed by atoms with E-state index in [0.29, 0.717) is 17.2 Å². The Balaban J connectivity index is 1.71. The number of sulfonamides is 1. The normalized spacial score (nSPS) is 14.5. The summed E-state index contributed by atoms with van der Waals surface area (Å²) in [6.45, 7) is 1.43. The molecule has 0 spiro atoms. The van der Waals surface area contributed by atoms with Crippen LogP contribution in [-0.2, 0) is 26.2 Å². The van der Waals surface area contributed by atoms with E-state index in [0.717, 1.165) is 42.0 Å². The predicted molar refractivity (Wildman–Crippen MR) is 165 cm³/mol. The van der Waals surface area contributed by atoms with Crippen LogP contribution >= 0.6 is 11.6 Å². The number of nitrogens with zero attached hydrogens (tertiary/aromatic N) is 2. The SMILES string of the molecule is CC[C@H](C(=O)NC1CCCCC1)N(Cc1cccc(OC)c1)C(=O)CN(c1cccc(Cl)c1)S(=O)(=O)c1ccccc1. The second kappa shape index (κ2) is 14.6. The molecule has 4 rings (SSSR count). The number of hydrogen-bond donors (Lipinski definition) is 1. The Labute approximate surface area is 253 Å². The number of hydrogen-bond acceptors (Lipinski definition) is 5. The Morgan fingerprint density at radius 2 is 1.69 bits per heavy atom. The number of anilines is 1. The minimum atomic E-state index is -4.15. The lowest BCUT2D eigenvalue weighted by Crippen LogP contribution is -2.54. The Morgan fingerprint density at radius 1 is 0.976 bits per heavy atom. The monoisotopic (exact) mass is 611 g/mol. The zero-order valence-corrected chi connectivity index (χ0v) is 25.6. The standard InChI is InChI=1S/C32H38ClN3O5S/c1-3-30(32(38)34-26-14-6-4-7-15-26)35(22-24-12-10-17-28(20-24)41-2)31(37)23-36(27-16-11-13-25(33)21-27)42(39,40)29-18-8-5-9-19-29/h5,8-13,16-21,26,30H,3-4,6-7,14-15,22-23H2,1-2H3,(H,34,38)/t30-/m1/s1. The maximum absolute atomic E-state index is 14.2. The van der Waals surface area contributed by atoms with Crippen molar-refractivity contribution in [2.75, 3.05) is 18.0 Å². The van der Waals surface area contributed by atoms with Gasteiger partial charge in [-0.05, 0) is 67.3 Å². The number of benzene rings is 3. The largest absolute Gasteiger partial charge is 0.497 e. The molecule has 1 fully saturated rings. The molecule has 10 heteroatoms. The van der Waals surface area contributed by atoms with Gasteiger partial charge in [0.25, 0.3) is 10.0 Å². The van der Waals surface area contributed by atoms with Crippen molar-refractivity contribution >= 4 is 39.1 Å². The number of carbonyl (C=O) groups excluding carboxylic acids is 2. The Kier molecular flexibility index (Phi) is 10.9. The van der Waals surface area contributed by atoms with Gasteiger partial charge in [0, 0.05) is 17.6 Å². The van der Waals surface area contributed by atoms with Crippen molar-refractivity contribution in [3.63, 3.8) is 0 Å². The van der Waals surface area contributed by atoms with Crippen LogP contribution in [0.4, 0.5) is 5.69 Å². The van der Waals surface area contributed by atoms with Gasteiger partial charge in [-0.1, -0.05) is 74.2 Å². The van der Waals surface area contributed by atoms with Crippen molar-refractivity contribution in [3.8, 4) is 5.75 Å². The number of amides is 2. The number of ether oxygens (including phenoxy) is 1. The minimum absolute atomic E-state index is 0.0409. The smallest absolute Gasteiger partial charge is 0.264 e. The highest BCUT2D eigenvalue weighted by atomic mass is 35.5. The topological polar surface area (TPSA) is 96.0 Å². The van der Waals surface area contributed by atoms with Crippen molar-refractivity contribution in [2.45, 2.75) is 69.0 Å². The number of halogens is 1. The summed E-state index contributed by atoms with van der Waals surface area (Å²) in [5.74, 6) is -0.129. The van der Waals surface area contributed by atoms with Gasteiger partial charge in [-0.3, -0.25) is 13.9 Å². The fraction of sp³-hybridized carbons (Fsp3) is 0.375. The van der Waals surface area contributed by atoms with E-state index in [1.807, 2.05) is 25.1 Å². The highest BCUT2D eigenvalue weighted by Crippen LogP contribution is 2.27. The van der Waals surface area contributed by atoms with Crippen molar-refractivity contribution in [1.82, 2.24) is 10.2 Å². The quantitative estimate of drug-likeness (QED) is 0.279. The van der Waals surface area contributed by atoms with Crippen molar-refractivity contribution in [1.29, 1.82) is 0 Å². The first-order chi connectivity index (χ1) is 20.2. The first kappa shape index (κ1) is 31.4. The van der Waals surface area contributed by atoms with E-state index < -0.39 is 28.5 Å². The van der Waals surface area contributed by atoms with Crippen molar-refractivity contribution in [3.05, 3.63) is 89.4 Å². The van der Waals surface area contributed by atoms with E-state index in [2.05, 4.69) is 5.32 Å². The van der Waals surface area contributed by atoms with Crippen LogP contribution in [0.3, 0.4) is 0 Å². The van der Waals surface area contributed by atoms with Gasteiger partial charge in [-0.25, -0.2) is 8.42 Å². The molecule has 0 aliphatic heterocycles. The van der Waals surface area contributed by atoms with Gasteiger partial charge in [-0.15, -0.1) is 0 Å². The van der Waals surface area contributed by atoms with Crippen LogP contribution in [0.5, 0.6) is 5.75 Å². The lowest BCUT2D eigenvalue weighted by molar-refractivity contribution is -0.140. The summed E-state index contributed by atoms with van der Waals surface area (Å²) in [6.07, 6.45) is 5.43. The molecule has 1 N–H and O–H groups in total. The van der Waals surface area contributed by atoms with Crippen LogP contribution in [0.25, 0.3) is 0 Å². The molecule has 8 nitrogen and oxygen atoms in total. The third-order valence-corrected chi connectivity index (χ3v) is 9.55. The number of nitrogens with one attached hydrogen (secondary N) is 1. The van der Waals surface area contributed by atoms with E-state index in [9.17, 15) is 18.0 Å². The van der Waals surface area contributed by atoms with Crippen LogP contribution in [0, 0.1) is 0 Å². The first-order valence-electron chi connectivity index (χ1n) is 14.3. The van der Waals surface area contributed by atoms with Crippen molar-refractivity contribution < 1.29 is 22.7 Å². The molecule has 1 atom stereocenters. The summed E-state index contributed by atoms with van der Waals surface area (Å²) in [7, 11) is -2.59. The highest BCUT2D eigenvalue weighted by molar-refractivity contribution is 7.92. The van der Waals surface area contributed by atoms with Crippen LogP contribution in [0.1, 0.15) is 51.0 Å². The van der Waals surface area contributed by atoms with Crippen molar-refractivity contribution in [2.24, 2.45) is 0 Å². The predicted octanol–water partition coefficient (Wildman–Crippen LogP) is 5.80. The molecule has 3 aromatic rings. The Hall–Kier alpha value is -3.56. The van der Waals surface area contributed by atoms with Crippen LogP contribution in [0.2, 0.25) is 5.02 Å². The Morgan fingerprint density at radius 3 is 2.36 bits per heavy atom. The van der Waals surface area contributed by atoms with Gasteiger partial charge in [0.15, 0.2) is 0 Å². The molecule has 1 saturated carbocycles. The third-order valence-electron chi connectivity index (χ3n) is 7.53. The molecular weight excluding hydrogens is 574 g/mol. The van der Waals surface area contributed by atoms with Gasteiger partial charge >= 0.3 is 0 Å². The number of methoxy groups -OCH3 is 1. The maximum Gasteiger partial charge on any atom is 0.264 e. The second-order valence-corrected chi connectivity index (χ2v) is 12.7. The van der Waals surface area contributed by atoms with E-state index in [-0.39, 0.29) is 29.1 Å². The number of rotatable bonds is 12. The molecule has 0 aromatic heterocycles. The molecule has 0 heterocycles. The molecule has 0 bridgehead atoms. The second-order valence-electron chi connectivity index (χ2n) is 10.4. The highest BCUT2D eigenvalue weighted by Gasteiger charge is 2.34. The fourth-order valence-corrected chi connectivity index (χ4v) is 6.92. The lowest BCUT2D eigenvalue weighted by atomic mass is 9.95.